The lowest BCUT2D eigenvalue weighted by Gasteiger charge is -2.26. The van der Waals surface area contributed by atoms with E-state index in [1.165, 1.54) is 36.4 Å². The molecule has 19 heteroatoms. The van der Waals surface area contributed by atoms with E-state index < -0.39 is 65.4 Å². The van der Waals surface area contributed by atoms with Crippen molar-refractivity contribution >= 4 is 70.1 Å². The number of nitrogens with one attached hydrogen (secondary N) is 4. The third-order valence-electron chi connectivity index (χ3n) is 15.3. The van der Waals surface area contributed by atoms with Gasteiger partial charge >= 0.3 is 0 Å². The lowest BCUT2D eigenvalue weighted by Crippen LogP contribution is -2.46. The van der Waals surface area contributed by atoms with Gasteiger partial charge in [-0.25, -0.2) is 4.39 Å². The van der Waals surface area contributed by atoms with Gasteiger partial charge in [0.2, 0.25) is 11.8 Å². The number of hydrogen-bond donors (Lipinski definition) is 4. The summed E-state index contributed by atoms with van der Waals surface area (Å²) >= 11 is 0. The van der Waals surface area contributed by atoms with Crippen molar-refractivity contribution in [2.45, 2.75) is 168 Å². The molecule has 4 amide bonds. The Morgan fingerprint density at radius 2 is 1.06 bits per heavy atom. The summed E-state index contributed by atoms with van der Waals surface area (Å²) in [6, 6.07) is 18.6. The van der Waals surface area contributed by atoms with Crippen molar-refractivity contribution in [3.63, 3.8) is 0 Å². The Hall–Kier alpha value is -7.83. The van der Waals surface area contributed by atoms with Gasteiger partial charge in [0, 0.05) is 67.9 Å². The van der Waals surface area contributed by atoms with Crippen LogP contribution in [0.1, 0.15) is 161 Å². The van der Waals surface area contributed by atoms with Gasteiger partial charge in [0.15, 0.2) is 23.0 Å². The molecule has 7 rings (SSSR count). The topological polar surface area (TPSA) is 271 Å². The summed E-state index contributed by atoms with van der Waals surface area (Å²) in [6.45, 7) is 11.1. The average Bonchev–Trinajstić information content (AvgIpc) is 4.28. The second kappa shape index (κ2) is 31.6. The molecule has 0 saturated heterocycles. The maximum atomic E-state index is 13.9. The Bertz CT molecular complexity index is 3050. The predicted molar refractivity (Wildman–Crippen MR) is 307 cm³/mol. The van der Waals surface area contributed by atoms with E-state index in [0.717, 1.165) is 42.0 Å². The SMILES string of the molecule is Cc1cc(C(=O)N[C@@H](Cc2ccc(F)cc2)C(=O)C[C@@H](CC(C)C)C(=O)N[C@H](C=O)C[C@@H]2CCCCC2=O)no1.Cc1cc(C(=O)N[C@@H](Cc2cccc3ccccc23)C(=O)C[C@@H](CC(C)C)C(=O)NC(C=O)C[C@@H]2CCCCC2=O)no1. The number of carbonyl (C=O) groups is 10. The van der Waals surface area contributed by atoms with E-state index in [1.54, 1.807) is 13.8 Å². The predicted octanol–water partition coefficient (Wildman–Crippen LogP) is 8.85. The molecule has 4 N–H and O–H groups in total. The fourth-order valence-corrected chi connectivity index (χ4v) is 11.0. The van der Waals surface area contributed by atoms with E-state index in [-0.39, 0.29) is 96.7 Å². The zero-order valence-corrected chi connectivity index (χ0v) is 48.4. The zero-order chi connectivity index (χ0) is 60.2. The monoisotopic (exact) mass is 1140 g/mol. The second-order valence-electron chi connectivity index (χ2n) is 23.2. The van der Waals surface area contributed by atoms with Crippen LogP contribution in [0.25, 0.3) is 10.8 Å². The van der Waals surface area contributed by atoms with Crippen LogP contribution in [-0.4, -0.2) is 93.8 Å². The van der Waals surface area contributed by atoms with Gasteiger partial charge in [-0.05, 0) is 118 Å². The van der Waals surface area contributed by atoms with Crippen LogP contribution in [0.3, 0.4) is 0 Å². The Balaban J connectivity index is 0.000000267. The molecule has 2 saturated carbocycles. The minimum Gasteiger partial charge on any atom is -0.361 e. The van der Waals surface area contributed by atoms with Crippen molar-refractivity contribution in [3.8, 4) is 0 Å². The Labute approximate surface area is 484 Å². The third kappa shape index (κ3) is 19.9. The van der Waals surface area contributed by atoms with Crippen LogP contribution in [0.2, 0.25) is 0 Å². The van der Waals surface area contributed by atoms with E-state index >= 15 is 0 Å². The van der Waals surface area contributed by atoms with Gasteiger partial charge in [0.05, 0.1) is 24.2 Å². The quantitative estimate of drug-likeness (QED) is 0.0341. The number of rotatable bonds is 28. The summed E-state index contributed by atoms with van der Waals surface area (Å²) < 4.78 is 23.5. The van der Waals surface area contributed by atoms with Crippen LogP contribution in [-0.2, 0) is 51.2 Å². The smallest absolute Gasteiger partial charge is 0.274 e. The van der Waals surface area contributed by atoms with E-state index in [2.05, 4.69) is 31.6 Å². The van der Waals surface area contributed by atoms with E-state index in [0.29, 0.717) is 68.2 Å². The van der Waals surface area contributed by atoms with Crippen molar-refractivity contribution in [1.29, 1.82) is 0 Å². The molecule has 2 aliphatic rings. The molecule has 5 aromatic rings. The number of Topliss-reactive ketones (excluding diaryl/α,β-unsaturated/α-hetero) is 4. The summed E-state index contributed by atoms with van der Waals surface area (Å²) in [6.07, 6.45) is 8.60. The van der Waals surface area contributed by atoms with Gasteiger partial charge < -0.3 is 39.9 Å². The van der Waals surface area contributed by atoms with Crippen LogP contribution >= 0.6 is 0 Å². The van der Waals surface area contributed by atoms with Crippen LogP contribution in [0, 0.1) is 55.2 Å². The second-order valence-corrected chi connectivity index (χ2v) is 23.2. The van der Waals surface area contributed by atoms with Crippen LogP contribution in [0.5, 0.6) is 0 Å². The molecule has 0 aliphatic heterocycles. The molecule has 1 unspecified atom stereocenters. The number of hydrogen-bond acceptors (Lipinski definition) is 14. The van der Waals surface area contributed by atoms with Crippen molar-refractivity contribution in [2.75, 3.05) is 0 Å². The van der Waals surface area contributed by atoms with Crippen LogP contribution in [0.4, 0.5) is 4.39 Å². The molecular weight excluding hydrogens is 1060 g/mol. The summed E-state index contributed by atoms with van der Waals surface area (Å²) in [5.74, 6) is -3.75. The molecule has 2 aromatic heterocycles. The van der Waals surface area contributed by atoms with Crippen LogP contribution < -0.4 is 21.3 Å². The molecule has 18 nitrogen and oxygen atoms in total. The summed E-state index contributed by atoms with van der Waals surface area (Å²) in [5.41, 5.74) is 1.59. The number of amides is 4. The highest BCUT2D eigenvalue weighted by Gasteiger charge is 2.34. The molecule has 2 heterocycles. The summed E-state index contributed by atoms with van der Waals surface area (Å²) in [5, 5.41) is 20.5. The van der Waals surface area contributed by atoms with Gasteiger partial charge in [-0.1, -0.05) is 105 Å². The van der Waals surface area contributed by atoms with Gasteiger partial charge in [-0.3, -0.25) is 38.4 Å². The lowest BCUT2D eigenvalue weighted by atomic mass is 9.83. The Morgan fingerprint density at radius 3 is 1.49 bits per heavy atom. The molecule has 2 aliphatic carbocycles. The number of halogens is 1. The van der Waals surface area contributed by atoms with E-state index in [1.807, 2.05) is 70.2 Å². The van der Waals surface area contributed by atoms with Crippen molar-refractivity contribution < 1.29 is 61.4 Å². The standard InChI is InChI=1S/C34H41N3O6.C30H38FN3O6/c1-21(2)15-26(33(41)35-27(20-38)17-25-10-5-7-14-31(25)39)19-32(40)29(36-34(42)30-16-22(3)43-37-30)18-24-12-8-11-23-9-4-6-13-28(23)24;1-18(2)12-22(29(38)32-24(17-35)15-21-6-4-5-7-27(21)36)16-28(37)25(14-20-8-10-23(31)11-9-20)33-30(39)26-13-19(3)40-34-26/h4,6,8-9,11-13,16,20-21,25-27,29H,5,7,10,14-15,17-19H2,1-3H3,(H,35,41)(H,36,42);8-11,13,17-18,21-22,24-25H,4-7,12,14-16H2,1-3H3,(H,32,38)(H,33,39)/t25-,26+,27?,29-;21-,22+,24-,25-/m00/s1. The average molecular weight is 1140 g/mol. The van der Waals surface area contributed by atoms with Crippen LogP contribution in [0.15, 0.2) is 87.9 Å². The van der Waals surface area contributed by atoms with Crippen molar-refractivity contribution in [3.05, 3.63) is 119 Å². The molecule has 0 bridgehead atoms. The molecular formula is C64H79FN6O12. The summed E-state index contributed by atoms with van der Waals surface area (Å²) in [4.78, 5) is 129. The fraction of sp³-hybridized carbons (Fsp3) is 0.500. The number of nitrogens with zero attached hydrogens (tertiary/aromatic N) is 2. The van der Waals surface area contributed by atoms with Gasteiger partial charge in [0.1, 0.15) is 41.5 Å². The Morgan fingerprint density at radius 1 is 0.602 bits per heavy atom. The molecule has 0 radical (unpaired) electrons. The maximum absolute atomic E-state index is 13.9. The minimum atomic E-state index is -1.01. The molecule has 3 aromatic carbocycles. The van der Waals surface area contributed by atoms with Gasteiger partial charge in [-0.2, -0.15) is 0 Å². The molecule has 2 fully saturated rings. The van der Waals surface area contributed by atoms with Gasteiger partial charge in [-0.15, -0.1) is 0 Å². The normalized spacial score (nSPS) is 17.5. The fourth-order valence-electron chi connectivity index (χ4n) is 11.0. The highest BCUT2D eigenvalue weighted by molar-refractivity contribution is 5.99. The highest BCUT2D eigenvalue weighted by atomic mass is 19.1. The highest BCUT2D eigenvalue weighted by Crippen LogP contribution is 2.28. The first-order valence-electron chi connectivity index (χ1n) is 29.0. The van der Waals surface area contributed by atoms with E-state index in [9.17, 15) is 52.3 Å². The largest absolute Gasteiger partial charge is 0.361 e. The van der Waals surface area contributed by atoms with E-state index in [4.69, 9.17) is 9.05 Å². The van der Waals surface area contributed by atoms with Crippen molar-refractivity contribution in [1.82, 2.24) is 31.6 Å². The minimum absolute atomic E-state index is 0.0111. The van der Waals surface area contributed by atoms with Crippen molar-refractivity contribution in [2.24, 2.45) is 35.5 Å². The number of aryl methyl sites for hydroxylation is 2. The number of benzene rings is 3. The zero-order valence-electron chi connectivity index (χ0n) is 48.4. The molecule has 8 atom stereocenters. The molecule has 83 heavy (non-hydrogen) atoms. The number of carbonyl (C=O) groups excluding carboxylic acids is 10. The molecule has 0 spiro atoms. The number of aromatic nitrogens is 2. The summed E-state index contributed by atoms with van der Waals surface area (Å²) in [7, 11) is 0. The number of fused-ring (bicyclic) bond motifs is 1. The Kier molecular flexibility index (Phi) is 24.5. The number of ketones is 4. The first kappa shape index (κ1) is 64.3. The third-order valence-corrected chi connectivity index (χ3v) is 15.3. The first-order valence-corrected chi connectivity index (χ1v) is 29.0. The molecule has 444 valence electrons. The lowest BCUT2D eigenvalue weighted by molar-refractivity contribution is -0.132. The maximum Gasteiger partial charge on any atom is 0.274 e. The first-order chi connectivity index (χ1) is 39.7. The van der Waals surface area contributed by atoms with Gasteiger partial charge in [0.25, 0.3) is 11.8 Å². The number of aldehydes is 2.